The van der Waals surface area contributed by atoms with Gasteiger partial charge in [-0.25, -0.2) is 0 Å². The van der Waals surface area contributed by atoms with Crippen molar-refractivity contribution < 1.29 is 14.7 Å². The van der Waals surface area contributed by atoms with E-state index < -0.39 is 5.91 Å². The number of aromatic amines is 1. The summed E-state index contributed by atoms with van der Waals surface area (Å²) >= 11 is 0. The van der Waals surface area contributed by atoms with Crippen molar-refractivity contribution in [1.82, 2.24) is 15.2 Å². The molecule has 110 valence electrons. The number of aromatic nitrogens is 1. The lowest BCUT2D eigenvalue weighted by molar-refractivity contribution is -0.121. The Labute approximate surface area is 118 Å². The number of amides is 2. The van der Waals surface area contributed by atoms with Gasteiger partial charge in [0.25, 0.3) is 5.91 Å². The summed E-state index contributed by atoms with van der Waals surface area (Å²) in [6, 6.07) is 3.68. The minimum Gasteiger partial charge on any atom is -0.396 e. The number of rotatable bonds is 6. The number of carbonyl (C=O) groups is 2. The quantitative estimate of drug-likeness (QED) is 0.708. The highest BCUT2D eigenvalue weighted by molar-refractivity contribution is 6.04. The number of hydrogen-bond acceptors (Lipinski definition) is 4. The molecule has 6 heteroatoms. The van der Waals surface area contributed by atoms with Crippen LogP contribution in [-0.4, -0.2) is 52.5 Å². The van der Waals surface area contributed by atoms with Gasteiger partial charge in [0.1, 0.15) is 5.69 Å². The third kappa shape index (κ3) is 3.91. The molecule has 1 atom stereocenters. The van der Waals surface area contributed by atoms with Crippen molar-refractivity contribution in [3.05, 3.63) is 24.0 Å². The highest BCUT2D eigenvalue weighted by atomic mass is 16.3. The van der Waals surface area contributed by atoms with Gasteiger partial charge in [-0.05, 0) is 44.4 Å². The second kappa shape index (κ2) is 7.21. The molecule has 0 aliphatic carbocycles. The number of aliphatic hydroxyl groups excluding tert-OH is 1. The summed E-state index contributed by atoms with van der Waals surface area (Å²) in [5.74, 6) is -0.674. The smallest absolute Gasteiger partial charge is 0.274 e. The molecule has 2 amide bonds. The molecule has 1 aromatic rings. The van der Waals surface area contributed by atoms with Gasteiger partial charge in [0.15, 0.2) is 0 Å². The first-order valence-corrected chi connectivity index (χ1v) is 7.03. The van der Waals surface area contributed by atoms with Crippen LogP contribution < -0.4 is 5.32 Å². The lowest BCUT2D eigenvalue weighted by atomic mass is 10.1. The van der Waals surface area contributed by atoms with E-state index in [1.807, 2.05) is 0 Å². The first-order chi connectivity index (χ1) is 9.70. The molecule has 1 aliphatic rings. The van der Waals surface area contributed by atoms with Crippen molar-refractivity contribution in [1.29, 1.82) is 0 Å². The molecule has 0 bridgehead atoms. The molecule has 2 rings (SSSR count). The standard InChI is InChI=1S/C14H21N3O3/c18-9-3-5-11-4-2-8-17(11)10-13(19)16-14(20)12-6-1-7-15-12/h1,6-7,11,15,18H,2-5,8-10H2,(H,16,19,20). The van der Waals surface area contributed by atoms with E-state index >= 15 is 0 Å². The van der Waals surface area contributed by atoms with Gasteiger partial charge in [-0.15, -0.1) is 0 Å². The third-order valence-electron chi connectivity index (χ3n) is 3.64. The van der Waals surface area contributed by atoms with Crippen molar-refractivity contribution in [2.24, 2.45) is 0 Å². The van der Waals surface area contributed by atoms with Gasteiger partial charge in [-0.2, -0.15) is 0 Å². The Morgan fingerprint density at radius 1 is 1.50 bits per heavy atom. The number of aliphatic hydroxyl groups is 1. The van der Waals surface area contributed by atoms with Gasteiger partial charge in [-0.1, -0.05) is 0 Å². The summed E-state index contributed by atoms with van der Waals surface area (Å²) in [7, 11) is 0. The van der Waals surface area contributed by atoms with Crippen LogP contribution in [0.25, 0.3) is 0 Å². The Morgan fingerprint density at radius 3 is 3.05 bits per heavy atom. The molecule has 0 aromatic carbocycles. The molecule has 20 heavy (non-hydrogen) atoms. The summed E-state index contributed by atoms with van der Waals surface area (Å²) in [5, 5.41) is 11.3. The van der Waals surface area contributed by atoms with E-state index in [-0.39, 0.29) is 19.1 Å². The van der Waals surface area contributed by atoms with Crippen molar-refractivity contribution in [3.8, 4) is 0 Å². The van der Waals surface area contributed by atoms with Crippen LogP contribution in [0.4, 0.5) is 0 Å². The Balaban J connectivity index is 1.80. The monoisotopic (exact) mass is 279 g/mol. The number of imide groups is 1. The molecule has 1 fully saturated rings. The lowest BCUT2D eigenvalue weighted by Gasteiger charge is -2.23. The SMILES string of the molecule is O=C(CN1CCCC1CCCO)NC(=O)c1ccc[nH]1. The molecule has 0 radical (unpaired) electrons. The topological polar surface area (TPSA) is 85.4 Å². The van der Waals surface area contributed by atoms with Crippen LogP contribution in [-0.2, 0) is 4.79 Å². The number of nitrogens with zero attached hydrogens (tertiary/aromatic N) is 1. The molecular weight excluding hydrogens is 258 g/mol. The van der Waals surface area contributed by atoms with Crippen LogP contribution in [0.15, 0.2) is 18.3 Å². The summed E-state index contributed by atoms with van der Waals surface area (Å²) < 4.78 is 0. The Morgan fingerprint density at radius 2 is 2.35 bits per heavy atom. The molecule has 0 spiro atoms. The van der Waals surface area contributed by atoms with E-state index in [0.29, 0.717) is 11.7 Å². The highest BCUT2D eigenvalue weighted by Crippen LogP contribution is 2.20. The van der Waals surface area contributed by atoms with Gasteiger partial charge in [0.05, 0.1) is 6.54 Å². The molecule has 3 N–H and O–H groups in total. The lowest BCUT2D eigenvalue weighted by Crippen LogP contribution is -2.42. The van der Waals surface area contributed by atoms with Gasteiger partial charge < -0.3 is 10.1 Å². The molecular formula is C14H21N3O3. The first-order valence-electron chi connectivity index (χ1n) is 7.03. The van der Waals surface area contributed by atoms with Crippen molar-refractivity contribution in [2.75, 3.05) is 19.7 Å². The van der Waals surface area contributed by atoms with E-state index in [1.54, 1.807) is 18.3 Å². The molecule has 1 aliphatic heterocycles. The summed E-state index contributed by atoms with van der Waals surface area (Å²) in [6.07, 6.45) is 5.41. The van der Waals surface area contributed by atoms with Gasteiger partial charge in [0.2, 0.25) is 5.91 Å². The van der Waals surface area contributed by atoms with E-state index in [2.05, 4.69) is 15.2 Å². The maximum absolute atomic E-state index is 11.9. The number of carbonyl (C=O) groups excluding carboxylic acids is 2. The van der Waals surface area contributed by atoms with Crippen molar-refractivity contribution >= 4 is 11.8 Å². The van der Waals surface area contributed by atoms with Crippen molar-refractivity contribution in [2.45, 2.75) is 31.7 Å². The van der Waals surface area contributed by atoms with Crippen LogP contribution in [0.2, 0.25) is 0 Å². The zero-order valence-electron chi connectivity index (χ0n) is 11.5. The van der Waals surface area contributed by atoms with Crippen LogP contribution in [0.1, 0.15) is 36.2 Å². The predicted molar refractivity (Wildman–Crippen MR) is 74.2 cm³/mol. The average molecular weight is 279 g/mol. The number of hydrogen-bond donors (Lipinski definition) is 3. The number of nitrogens with one attached hydrogen (secondary N) is 2. The van der Waals surface area contributed by atoms with E-state index in [1.165, 1.54) is 0 Å². The predicted octanol–water partition coefficient (Wildman–Crippen LogP) is 0.508. The van der Waals surface area contributed by atoms with E-state index in [9.17, 15) is 9.59 Å². The Bertz CT molecular complexity index is 445. The maximum atomic E-state index is 11.9. The van der Waals surface area contributed by atoms with E-state index in [4.69, 9.17) is 5.11 Å². The van der Waals surface area contributed by atoms with Crippen molar-refractivity contribution in [3.63, 3.8) is 0 Å². The zero-order valence-corrected chi connectivity index (χ0v) is 11.5. The van der Waals surface area contributed by atoms with Crippen LogP contribution >= 0.6 is 0 Å². The number of likely N-dealkylation sites (tertiary alicyclic amines) is 1. The van der Waals surface area contributed by atoms with E-state index in [0.717, 1.165) is 32.2 Å². The summed E-state index contributed by atoms with van der Waals surface area (Å²) in [5.41, 5.74) is 0.386. The van der Waals surface area contributed by atoms with Crippen LogP contribution in [0, 0.1) is 0 Å². The molecule has 2 heterocycles. The fourth-order valence-corrected chi connectivity index (χ4v) is 2.65. The largest absolute Gasteiger partial charge is 0.396 e. The zero-order chi connectivity index (χ0) is 14.4. The molecule has 1 saturated heterocycles. The summed E-state index contributed by atoms with van der Waals surface area (Å²) in [6.45, 7) is 1.30. The fraction of sp³-hybridized carbons (Fsp3) is 0.571. The molecule has 1 aromatic heterocycles. The molecule has 0 saturated carbocycles. The normalized spacial score (nSPS) is 19.1. The van der Waals surface area contributed by atoms with Gasteiger partial charge >= 0.3 is 0 Å². The fourth-order valence-electron chi connectivity index (χ4n) is 2.65. The average Bonchev–Trinajstić information content (AvgIpc) is 3.07. The Kier molecular flexibility index (Phi) is 5.31. The third-order valence-corrected chi connectivity index (χ3v) is 3.64. The minimum atomic E-state index is -0.397. The highest BCUT2D eigenvalue weighted by Gasteiger charge is 2.26. The second-order valence-electron chi connectivity index (χ2n) is 5.09. The maximum Gasteiger partial charge on any atom is 0.274 e. The van der Waals surface area contributed by atoms with Gasteiger partial charge in [-0.3, -0.25) is 19.8 Å². The minimum absolute atomic E-state index is 0.182. The first kappa shape index (κ1) is 14.7. The van der Waals surface area contributed by atoms with Crippen LogP contribution in [0.5, 0.6) is 0 Å². The second-order valence-corrected chi connectivity index (χ2v) is 5.09. The Hall–Kier alpha value is -1.66. The molecule has 1 unspecified atom stereocenters. The summed E-state index contributed by atoms with van der Waals surface area (Å²) in [4.78, 5) is 28.5. The van der Waals surface area contributed by atoms with Crippen LogP contribution in [0.3, 0.4) is 0 Å². The molecule has 6 nitrogen and oxygen atoms in total. The number of H-pyrrole nitrogens is 1. The van der Waals surface area contributed by atoms with Gasteiger partial charge in [0, 0.05) is 18.8 Å².